The molecular weight excluding hydrogens is 230 g/mol. The van der Waals surface area contributed by atoms with E-state index in [-0.39, 0.29) is 24.2 Å². The molecule has 0 bridgehead atoms. The molecule has 0 saturated heterocycles. The van der Waals surface area contributed by atoms with Gasteiger partial charge in [0.1, 0.15) is 12.4 Å². The highest BCUT2D eigenvalue weighted by Gasteiger charge is 2.13. The van der Waals surface area contributed by atoms with E-state index in [4.69, 9.17) is 4.74 Å². The van der Waals surface area contributed by atoms with Gasteiger partial charge in [0.05, 0.1) is 12.6 Å². The molecule has 1 aromatic rings. The van der Waals surface area contributed by atoms with Crippen molar-refractivity contribution in [3.8, 4) is 0 Å². The summed E-state index contributed by atoms with van der Waals surface area (Å²) in [7, 11) is 0. The summed E-state index contributed by atoms with van der Waals surface area (Å²) in [6.45, 7) is 10.8. The second-order valence-electron chi connectivity index (χ2n) is 5.61. The van der Waals surface area contributed by atoms with Gasteiger partial charge in [-0.25, -0.2) is 4.98 Å². The van der Waals surface area contributed by atoms with Gasteiger partial charge in [0.2, 0.25) is 0 Å². The third-order valence-electron chi connectivity index (χ3n) is 2.25. The van der Waals surface area contributed by atoms with Crippen LogP contribution in [0, 0.1) is 0 Å². The third-order valence-corrected chi connectivity index (χ3v) is 2.25. The first-order chi connectivity index (χ1) is 8.28. The van der Waals surface area contributed by atoms with E-state index >= 15 is 0 Å². The fraction of sp³-hybridized carbons (Fsp3) is 0.692. The number of carbonyl (C=O) groups is 1. The lowest BCUT2D eigenvalue weighted by Crippen LogP contribution is -2.36. The van der Waals surface area contributed by atoms with Gasteiger partial charge in [0.25, 0.3) is 0 Å². The Bertz CT molecular complexity index is 391. The zero-order chi connectivity index (χ0) is 13.8. The first-order valence-corrected chi connectivity index (χ1v) is 6.22. The van der Waals surface area contributed by atoms with E-state index in [0.717, 1.165) is 5.82 Å². The standard InChI is InChI=1S/C13H23N3O2/c1-10(2)18-12(17)9-16-7-6-14-11(16)8-15-13(3,4)5/h6-7,10,15H,8-9H2,1-5H3. The molecule has 1 aromatic heterocycles. The molecule has 18 heavy (non-hydrogen) atoms. The predicted octanol–water partition coefficient (Wildman–Crippen LogP) is 1.72. The molecule has 0 atom stereocenters. The van der Waals surface area contributed by atoms with Crippen LogP contribution in [0.2, 0.25) is 0 Å². The van der Waals surface area contributed by atoms with Gasteiger partial charge in [0.15, 0.2) is 0 Å². The molecule has 5 heteroatoms. The smallest absolute Gasteiger partial charge is 0.326 e. The molecule has 0 aliphatic rings. The minimum Gasteiger partial charge on any atom is -0.462 e. The minimum absolute atomic E-state index is 0.0230. The fourth-order valence-electron chi connectivity index (χ4n) is 1.43. The van der Waals surface area contributed by atoms with Crippen molar-refractivity contribution < 1.29 is 9.53 Å². The molecule has 1 heterocycles. The Labute approximate surface area is 109 Å². The Morgan fingerprint density at radius 3 is 2.72 bits per heavy atom. The van der Waals surface area contributed by atoms with Crippen LogP contribution in [-0.4, -0.2) is 27.2 Å². The van der Waals surface area contributed by atoms with Crippen molar-refractivity contribution in [1.82, 2.24) is 14.9 Å². The highest BCUT2D eigenvalue weighted by molar-refractivity contribution is 5.69. The van der Waals surface area contributed by atoms with Crippen LogP contribution in [0.1, 0.15) is 40.4 Å². The van der Waals surface area contributed by atoms with Crippen molar-refractivity contribution in [3.05, 3.63) is 18.2 Å². The number of esters is 1. The van der Waals surface area contributed by atoms with Gasteiger partial charge in [-0.15, -0.1) is 0 Å². The molecule has 0 aromatic carbocycles. The number of rotatable bonds is 5. The number of nitrogens with one attached hydrogen (secondary N) is 1. The van der Waals surface area contributed by atoms with Gasteiger partial charge in [-0.3, -0.25) is 4.79 Å². The number of ether oxygens (including phenoxy) is 1. The van der Waals surface area contributed by atoms with E-state index in [1.54, 1.807) is 12.4 Å². The van der Waals surface area contributed by atoms with Crippen molar-refractivity contribution >= 4 is 5.97 Å². The monoisotopic (exact) mass is 253 g/mol. The molecule has 0 radical (unpaired) electrons. The van der Waals surface area contributed by atoms with Crippen LogP contribution < -0.4 is 5.32 Å². The maximum absolute atomic E-state index is 11.6. The second kappa shape index (κ2) is 6.00. The number of hydrogen-bond donors (Lipinski definition) is 1. The normalized spacial score (nSPS) is 11.9. The highest BCUT2D eigenvalue weighted by Crippen LogP contribution is 2.04. The van der Waals surface area contributed by atoms with Crippen LogP contribution in [0.4, 0.5) is 0 Å². The van der Waals surface area contributed by atoms with E-state index in [1.165, 1.54) is 0 Å². The molecule has 0 amide bonds. The molecular formula is C13H23N3O2. The molecule has 0 aliphatic carbocycles. The summed E-state index contributed by atoms with van der Waals surface area (Å²) in [5.41, 5.74) is 0.0230. The molecule has 0 saturated carbocycles. The summed E-state index contributed by atoms with van der Waals surface area (Å²) in [5.74, 6) is 0.602. The number of aromatic nitrogens is 2. The molecule has 0 aliphatic heterocycles. The lowest BCUT2D eigenvalue weighted by atomic mass is 10.1. The van der Waals surface area contributed by atoms with Crippen LogP contribution in [0.25, 0.3) is 0 Å². The van der Waals surface area contributed by atoms with Crippen LogP contribution >= 0.6 is 0 Å². The van der Waals surface area contributed by atoms with Gasteiger partial charge < -0.3 is 14.6 Å². The average Bonchev–Trinajstić information content (AvgIpc) is 2.59. The Morgan fingerprint density at radius 2 is 2.17 bits per heavy atom. The number of nitrogens with zero attached hydrogens (tertiary/aromatic N) is 2. The summed E-state index contributed by atoms with van der Waals surface area (Å²) in [4.78, 5) is 15.8. The van der Waals surface area contributed by atoms with Crippen molar-refractivity contribution in [2.45, 2.75) is 59.4 Å². The van der Waals surface area contributed by atoms with Gasteiger partial charge in [0, 0.05) is 17.9 Å². The maximum Gasteiger partial charge on any atom is 0.326 e. The molecule has 0 spiro atoms. The van der Waals surface area contributed by atoms with Crippen molar-refractivity contribution in [2.75, 3.05) is 0 Å². The largest absolute Gasteiger partial charge is 0.462 e. The number of carbonyl (C=O) groups excluding carboxylic acids is 1. The first-order valence-electron chi connectivity index (χ1n) is 6.22. The van der Waals surface area contributed by atoms with Crippen LogP contribution in [0.5, 0.6) is 0 Å². The van der Waals surface area contributed by atoms with Crippen molar-refractivity contribution in [1.29, 1.82) is 0 Å². The summed E-state index contributed by atoms with van der Waals surface area (Å²) in [6, 6.07) is 0. The summed E-state index contributed by atoms with van der Waals surface area (Å²) >= 11 is 0. The van der Waals surface area contributed by atoms with Crippen LogP contribution in [-0.2, 0) is 22.6 Å². The zero-order valence-corrected chi connectivity index (χ0v) is 11.9. The van der Waals surface area contributed by atoms with E-state index in [2.05, 4.69) is 31.1 Å². The Balaban J connectivity index is 2.57. The Kier molecular flexibility index (Phi) is 4.90. The molecule has 1 rings (SSSR count). The lowest BCUT2D eigenvalue weighted by molar-refractivity contribution is -0.148. The maximum atomic E-state index is 11.6. The van der Waals surface area contributed by atoms with E-state index in [1.807, 2.05) is 18.4 Å². The summed E-state index contributed by atoms with van der Waals surface area (Å²) < 4.78 is 6.92. The average molecular weight is 253 g/mol. The third kappa shape index (κ3) is 5.31. The highest BCUT2D eigenvalue weighted by atomic mass is 16.5. The number of imidazole rings is 1. The van der Waals surface area contributed by atoms with Gasteiger partial charge in [-0.05, 0) is 34.6 Å². The molecule has 0 fully saturated rings. The fourth-order valence-corrected chi connectivity index (χ4v) is 1.43. The van der Waals surface area contributed by atoms with E-state index < -0.39 is 0 Å². The zero-order valence-electron chi connectivity index (χ0n) is 11.9. The Hall–Kier alpha value is -1.36. The quantitative estimate of drug-likeness (QED) is 0.812. The number of hydrogen-bond acceptors (Lipinski definition) is 4. The lowest BCUT2D eigenvalue weighted by Gasteiger charge is -2.20. The second-order valence-corrected chi connectivity index (χ2v) is 5.61. The minimum atomic E-state index is -0.236. The topological polar surface area (TPSA) is 56.2 Å². The van der Waals surface area contributed by atoms with Crippen LogP contribution in [0.3, 0.4) is 0 Å². The van der Waals surface area contributed by atoms with Gasteiger partial charge >= 0.3 is 5.97 Å². The molecule has 5 nitrogen and oxygen atoms in total. The predicted molar refractivity (Wildman–Crippen MR) is 70.0 cm³/mol. The molecule has 1 N–H and O–H groups in total. The van der Waals surface area contributed by atoms with Crippen molar-refractivity contribution in [3.63, 3.8) is 0 Å². The Morgan fingerprint density at radius 1 is 1.50 bits per heavy atom. The van der Waals surface area contributed by atoms with Gasteiger partial charge in [-0.2, -0.15) is 0 Å². The SMILES string of the molecule is CC(C)OC(=O)Cn1ccnc1CNC(C)(C)C. The first kappa shape index (κ1) is 14.7. The van der Waals surface area contributed by atoms with E-state index in [0.29, 0.717) is 6.54 Å². The molecule has 102 valence electrons. The van der Waals surface area contributed by atoms with E-state index in [9.17, 15) is 4.79 Å². The van der Waals surface area contributed by atoms with Gasteiger partial charge in [-0.1, -0.05) is 0 Å². The van der Waals surface area contributed by atoms with Crippen molar-refractivity contribution in [2.24, 2.45) is 0 Å². The van der Waals surface area contributed by atoms with Crippen LogP contribution in [0.15, 0.2) is 12.4 Å². The molecule has 0 unspecified atom stereocenters. The summed E-state index contributed by atoms with van der Waals surface area (Å²) in [5, 5.41) is 3.34. The summed E-state index contributed by atoms with van der Waals surface area (Å²) in [6.07, 6.45) is 3.40.